The average Bonchev–Trinajstić information content (AvgIpc) is 3.39. The molecule has 1 N–H and O–H groups in total. The first kappa shape index (κ1) is 30.7. The van der Waals surface area contributed by atoms with Gasteiger partial charge < -0.3 is 14.7 Å². The van der Waals surface area contributed by atoms with E-state index in [-0.39, 0.29) is 0 Å². The molecule has 0 bridgehead atoms. The second-order valence-corrected chi connectivity index (χ2v) is 13.5. The molecule has 6 aromatic carbocycles. The summed E-state index contributed by atoms with van der Waals surface area (Å²) < 4.78 is 6.28. The minimum atomic E-state index is -0.979. The largest absolute Gasteiger partial charge is 0.427 e. The van der Waals surface area contributed by atoms with Crippen LogP contribution in [0.25, 0.3) is 11.1 Å². The SMILES string of the molecule is CC(C)(O)C(C)(C)OBc1cccc(N(c2ccccc2)c2ccc3c(c2)C(c2ccccc2)(c2ccccc2)c2ccccc2-3)c1. The quantitative estimate of drug-likeness (QED) is 0.165. The molecular formula is C43H40BNO2. The first-order valence-electron chi connectivity index (χ1n) is 16.4. The third-order valence-electron chi connectivity index (χ3n) is 9.96. The Kier molecular flexibility index (Phi) is 7.87. The number of benzene rings is 6. The summed E-state index contributed by atoms with van der Waals surface area (Å²) in [7, 11) is 0.387. The number of rotatable bonds is 9. The molecule has 47 heavy (non-hydrogen) atoms. The van der Waals surface area contributed by atoms with Crippen LogP contribution in [-0.2, 0) is 10.1 Å². The maximum absolute atomic E-state index is 10.7. The Balaban J connectivity index is 1.41. The minimum Gasteiger partial charge on any atom is -0.427 e. The number of hydrogen-bond donors (Lipinski definition) is 1. The van der Waals surface area contributed by atoms with Crippen LogP contribution in [0.15, 0.2) is 158 Å². The van der Waals surface area contributed by atoms with Crippen LogP contribution in [0.1, 0.15) is 49.9 Å². The first-order valence-corrected chi connectivity index (χ1v) is 16.4. The first-order chi connectivity index (χ1) is 22.7. The van der Waals surface area contributed by atoms with Gasteiger partial charge in [-0.25, -0.2) is 0 Å². The van der Waals surface area contributed by atoms with E-state index in [9.17, 15) is 5.11 Å². The lowest BCUT2D eigenvalue weighted by atomic mass is 9.67. The van der Waals surface area contributed by atoms with Crippen molar-refractivity contribution in [2.75, 3.05) is 4.90 Å². The molecule has 4 heteroatoms. The minimum absolute atomic E-state index is 0.387. The molecular weight excluding hydrogens is 573 g/mol. The van der Waals surface area contributed by atoms with Gasteiger partial charge in [-0.05, 0) is 97.5 Å². The van der Waals surface area contributed by atoms with E-state index in [0.29, 0.717) is 7.48 Å². The van der Waals surface area contributed by atoms with Gasteiger partial charge in [-0.3, -0.25) is 0 Å². The number of anilines is 3. The highest BCUT2D eigenvalue weighted by atomic mass is 16.5. The lowest BCUT2D eigenvalue weighted by Crippen LogP contribution is -2.49. The fourth-order valence-corrected chi connectivity index (χ4v) is 6.82. The zero-order valence-electron chi connectivity index (χ0n) is 27.5. The summed E-state index contributed by atoms with van der Waals surface area (Å²) in [6.45, 7) is 7.44. The highest BCUT2D eigenvalue weighted by molar-refractivity contribution is 6.47. The number of para-hydroxylation sites is 1. The third-order valence-corrected chi connectivity index (χ3v) is 9.96. The van der Waals surface area contributed by atoms with Crippen LogP contribution in [0, 0.1) is 0 Å². The normalized spacial score (nSPS) is 13.5. The van der Waals surface area contributed by atoms with Gasteiger partial charge in [0.15, 0.2) is 0 Å². The highest BCUT2D eigenvalue weighted by Crippen LogP contribution is 2.57. The van der Waals surface area contributed by atoms with Gasteiger partial charge in [0.05, 0.1) is 16.6 Å². The molecule has 232 valence electrons. The summed E-state index contributed by atoms with van der Waals surface area (Å²) in [5.74, 6) is 0. The lowest BCUT2D eigenvalue weighted by Gasteiger charge is -2.37. The number of nitrogens with zero attached hydrogens (tertiary/aromatic N) is 1. The van der Waals surface area contributed by atoms with Crippen LogP contribution in [0.3, 0.4) is 0 Å². The number of hydrogen-bond acceptors (Lipinski definition) is 3. The fraction of sp³-hybridized carbons (Fsp3) is 0.163. The van der Waals surface area contributed by atoms with Crippen molar-refractivity contribution in [3.63, 3.8) is 0 Å². The molecule has 0 atom stereocenters. The van der Waals surface area contributed by atoms with Gasteiger partial charge in [-0.2, -0.15) is 0 Å². The van der Waals surface area contributed by atoms with Crippen molar-refractivity contribution in [2.45, 2.75) is 44.3 Å². The molecule has 0 heterocycles. The molecule has 0 saturated heterocycles. The second-order valence-electron chi connectivity index (χ2n) is 13.5. The maximum Gasteiger partial charge on any atom is 0.309 e. The Hall–Kier alpha value is -4.90. The van der Waals surface area contributed by atoms with Crippen LogP contribution in [0.5, 0.6) is 0 Å². The predicted octanol–water partition coefficient (Wildman–Crippen LogP) is 9.06. The van der Waals surface area contributed by atoms with E-state index < -0.39 is 16.6 Å². The van der Waals surface area contributed by atoms with Gasteiger partial charge >= 0.3 is 7.48 Å². The van der Waals surface area contributed by atoms with Gasteiger partial charge in [-0.1, -0.05) is 127 Å². The van der Waals surface area contributed by atoms with Gasteiger partial charge in [0, 0.05) is 17.1 Å². The fourth-order valence-electron chi connectivity index (χ4n) is 6.82. The highest BCUT2D eigenvalue weighted by Gasteiger charge is 2.46. The van der Waals surface area contributed by atoms with Crippen LogP contribution in [-0.4, -0.2) is 23.8 Å². The van der Waals surface area contributed by atoms with E-state index in [1.54, 1.807) is 13.8 Å². The molecule has 0 saturated carbocycles. The summed E-state index contributed by atoms with van der Waals surface area (Å²) in [5.41, 5.74) is 9.62. The van der Waals surface area contributed by atoms with E-state index in [0.717, 1.165) is 22.5 Å². The van der Waals surface area contributed by atoms with E-state index >= 15 is 0 Å². The summed E-state index contributed by atoms with van der Waals surface area (Å²) in [5, 5.41) is 10.7. The molecule has 0 spiro atoms. The van der Waals surface area contributed by atoms with Crippen molar-refractivity contribution in [3.8, 4) is 11.1 Å². The molecule has 0 unspecified atom stereocenters. The summed E-state index contributed by atoms with van der Waals surface area (Å²) in [6.07, 6.45) is 0. The van der Waals surface area contributed by atoms with Crippen molar-refractivity contribution in [1.82, 2.24) is 0 Å². The van der Waals surface area contributed by atoms with Crippen LogP contribution >= 0.6 is 0 Å². The van der Waals surface area contributed by atoms with Gasteiger partial charge in [0.1, 0.15) is 0 Å². The number of aliphatic hydroxyl groups is 1. The molecule has 6 aromatic rings. The van der Waals surface area contributed by atoms with Crippen molar-refractivity contribution < 1.29 is 9.76 Å². The summed E-state index contributed by atoms with van der Waals surface area (Å²) in [6, 6.07) is 56.7. The topological polar surface area (TPSA) is 32.7 Å². The van der Waals surface area contributed by atoms with Crippen molar-refractivity contribution in [2.24, 2.45) is 0 Å². The second kappa shape index (κ2) is 12.0. The molecule has 0 amide bonds. The van der Waals surface area contributed by atoms with E-state index in [2.05, 4.69) is 163 Å². The van der Waals surface area contributed by atoms with Crippen molar-refractivity contribution >= 4 is 30.0 Å². The molecule has 3 nitrogen and oxygen atoms in total. The zero-order chi connectivity index (χ0) is 32.6. The third kappa shape index (κ3) is 5.38. The number of fused-ring (bicyclic) bond motifs is 3. The Morgan fingerprint density at radius 2 is 1.06 bits per heavy atom. The van der Waals surface area contributed by atoms with E-state index in [4.69, 9.17) is 4.65 Å². The maximum atomic E-state index is 10.7. The van der Waals surface area contributed by atoms with E-state index in [1.807, 2.05) is 13.8 Å². The predicted molar refractivity (Wildman–Crippen MR) is 197 cm³/mol. The van der Waals surface area contributed by atoms with Crippen molar-refractivity contribution in [3.05, 3.63) is 180 Å². The van der Waals surface area contributed by atoms with E-state index in [1.165, 1.54) is 33.4 Å². The van der Waals surface area contributed by atoms with Crippen LogP contribution in [0.4, 0.5) is 17.1 Å². The summed E-state index contributed by atoms with van der Waals surface area (Å²) >= 11 is 0. The molecule has 0 radical (unpaired) electrons. The van der Waals surface area contributed by atoms with Crippen molar-refractivity contribution in [1.29, 1.82) is 0 Å². The summed E-state index contributed by atoms with van der Waals surface area (Å²) in [4.78, 5) is 2.33. The monoisotopic (exact) mass is 613 g/mol. The van der Waals surface area contributed by atoms with Crippen LogP contribution < -0.4 is 10.4 Å². The molecule has 7 rings (SSSR count). The smallest absolute Gasteiger partial charge is 0.309 e. The van der Waals surface area contributed by atoms with Crippen LogP contribution in [0.2, 0.25) is 0 Å². The molecule has 1 aliphatic carbocycles. The zero-order valence-corrected chi connectivity index (χ0v) is 27.5. The Morgan fingerprint density at radius 1 is 0.532 bits per heavy atom. The lowest BCUT2D eigenvalue weighted by molar-refractivity contribution is -0.0893. The molecule has 0 aromatic heterocycles. The van der Waals surface area contributed by atoms with Gasteiger partial charge in [-0.15, -0.1) is 0 Å². The molecule has 0 fully saturated rings. The Bertz CT molecular complexity index is 1960. The average molecular weight is 614 g/mol. The Labute approximate surface area is 279 Å². The van der Waals surface area contributed by atoms with Gasteiger partial charge in [0.25, 0.3) is 0 Å². The molecule has 1 aliphatic rings. The standard InChI is InChI=1S/C43H40BNO2/c1-41(2,46)42(3,4)47-44-33-21-16-24-35(29-33)45(34-22-12-7-13-23-34)36-27-28-38-37-25-14-15-26-39(37)43(40(38)30-36,31-17-8-5-9-18-31)32-19-10-6-11-20-32/h5-30,44,46H,1-4H3. The van der Waals surface area contributed by atoms with Gasteiger partial charge in [0.2, 0.25) is 0 Å². The molecule has 0 aliphatic heterocycles. The Morgan fingerprint density at radius 3 is 1.70 bits per heavy atom.